The summed E-state index contributed by atoms with van der Waals surface area (Å²) >= 11 is 0. The highest BCUT2D eigenvalue weighted by Gasteiger charge is 2.06. The SMILES string of the molecule is CCCCCCCCCCCCc1ccc2cccc(OCc3ccccc3)c2n1. The van der Waals surface area contributed by atoms with Crippen molar-refractivity contribution in [2.75, 3.05) is 0 Å². The van der Waals surface area contributed by atoms with Crippen LogP contribution in [0.2, 0.25) is 0 Å². The van der Waals surface area contributed by atoms with Crippen LogP contribution in [-0.4, -0.2) is 4.98 Å². The highest BCUT2D eigenvalue weighted by Crippen LogP contribution is 2.25. The van der Waals surface area contributed by atoms with Crippen LogP contribution in [0.1, 0.15) is 82.4 Å². The molecule has 0 N–H and O–H groups in total. The van der Waals surface area contributed by atoms with Crippen molar-refractivity contribution in [2.45, 2.75) is 84.2 Å². The van der Waals surface area contributed by atoms with Gasteiger partial charge in [-0.3, -0.25) is 0 Å². The van der Waals surface area contributed by atoms with Crippen molar-refractivity contribution in [3.63, 3.8) is 0 Å². The van der Waals surface area contributed by atoms with Gasteiger partial charge in [0.15, 0.2) is 0 Å². The van der Waals surface area contributed by atoms with Crippen LogP contribution in [0.15, 0.2) is 60.7 Å². The topological polar surface area (TPSA) is 22.1 Å². The van der Waals surface area contributed by atoms with Gasteiger partial charge in [-0.25, -0.2) is 4.98 Å². The van der Waals surface area contributed by atoms with Crippen molar-refractivity contribution in [1.82, 2.24) is 4.98 Å². The number of pyridine rings is 1. The summed E-state index contributed by atoms with van der Waals surface area (Å²) in [5.74, 6) is 0.876. The first-order chi connectivity index (χ1) is 14.9. The summed E-state index contributed by atoms with van der Waals surface area (Å²) in [4.78, 5) is 4.94. The lowest BCUT2D eigenvalue weighted by atomic mass is 10.0. The van der Waals surface area contributed by atoms with Crippen LogP contribution in [0.4, 0.5) is 0 Å². The van der Waals surface area contributed by atoms with E-state index in [4.69, 9.17) is 9.72 Å². The van der Waals surface area contributed by atoms with Gasteiger partial charge >= 0.3 is 0 Å². The second-order valence-corrected chi connectivity index (χ2v) is 8.34. The lowest BCUT2D eigenvalue weighted by Gasteiger charge is -2.10. The molecule has 2 heteroatoms. The van der Waals surface area contributed by atoms with Crippen LogP contribution in [0, 0.1) is 0 Å². The van der Waals surface area contributed by atoms with Crippen molar-refractivity contribution in [3.8, 4) is 5.75 Å². The van der Waals surface area contributed by atoms with Crippen molar-refractivity contribution >= 4 is 10.9 Å². The van der Waals surface area contributed by atoms with Gasteiger partial charge in [0.1, 0.15) is 17.9 Å². The molecule has 1 heterocycles. The maximum atomic E-state index is 6.10. The van der Waals surface area contributed by atoms with E-state index in [1.54, 1.807) is 0 Å². The van der Waals surface area contributed by atoms with Crippen LogP contribution >= 0.6 is 0 Å². The van der Waals surface area contributed by atoms with Crippen molar-refractivity contribution in [1.29, 1.82) is 0 Å². The Balaban J connectivity index is 1.44. The summed E-state index contributed by atoms with van der Waals surface area (Å²) < 4.78 is 6.10. The van der Waals surface area contributed by atoms with Crippen LogP contribution in [0.5, 0.6) is 5.75 Å². The third kappa shape index (κ3) is 7.48. The monoisotopic (exact) mass is 403 g/mol. The second-order valence-electron chi connectivity index (χ2n) is 8.34. The molecule has 0 aliphatic heterocycles. The molecule has 0 aliphatic carbocycles. The van der Waals surface area contributed by atoms with Crippen LogP contribution in [-0.2, 0) is 13.0 Å². The first-order valence-electron chi connectivity index (χ1n) is 11.9. The van der Waals surface area contributed by atoms with E-state index < -0.39 is 0 Å². The van der Waals surface area contributed by atoms with Crippen molar-refractivity contribution < 1.29 is 4.74 Å². The lowest BCUT2D eigenvalue weighted by Crippen LogP contribution is -1.98. The normalized spacial score (nSPS) is 11.1. The molecule has 3 aromatic rings. The van der Waals surface area contributed by atoms with Crippen LogP contribution in [0.25, 0.3) is 10.9 Å². The number of hydrogen-bond donors (Lipinski definition) is 0. The number of benzene rings is 2. The molecule has 3 rings (SSSR count). The molecule has 0 bridgehead atoms. The molecule has 0 unspecified atom stereocenters. The Morgan fingerprint density at radius 1 is 0.667 bits per heavy atom. The predicted octanol–water partition coefficient (Wildman–Crippen LogP) is 8.28. The summed E-state index contributed by atoms with van der Waals surface area (Å²) in [5.41, 5.74) is 3.34. The Morgan fingerprint density at radius 3 is 2.10 bits per heavy atom. The quantitative estimate of drug-likeness (QED) is 0.253. The summed E-state index contributed by atoms with van der Waals surface area (Å²) in [7, 11) is 0. The zero-order valence-electron chi connectivity index (χ0n) is 18.6. The minimum atomic E-state index is 0.574. The molecular formula is C28H37NO. The zero-order chi connectivity index (χ0) is 20.9. The standard InChI is InChI=1S/C28H37NO/c1-2-3-4-5-6-7-8-9-10-14-19-26-22-21-25-18-15-20-27(28(25)29-26)30-23-24-16-12-11-13-17-24/h11-13,15-18,20-22H,2-10,14,19,23H2,1H3. The van der Waals surface area contributed by atoms with Crippen molar-refractivity contribution in [2.24, 2.45) is 0 Å². The molecule has 2 aromatic carbocycles. The molecule has 30 heavy (non-hydrogen) atoms. The fourth-order valence-electron chi connectivity index (χ4n) is 3.94. The maximum Gasteiger partial charge on any atom is 0.146 e. The summed E-state index contributed by atoms with van der Waals surface area (Å²) in [6.45, 7) is 2.85. The molecule has 160 valence electrons. The fourth-order valence-corrected chi connectivity index (χ4v) is 3.94. The number of nitrogens with zero attached hydrogens (tertiary/aromatic N) is 1. The van der Waals surface area contributed by atoms with Gasteiger partial charge in [0, 0.05) is 11.1 Å². The number of rotatable bonds is 14. The highest BCUT2D eigenvalue weighted by molar-refractivity contribution is 5.84. The van der Waals surface area contributed by atoms with Gasteiger partial charge in [-0.05, 0) is 30.5 Å². The van der Waals surface area contributed by atoms with Crippen LogP contribution < -0.4 is 4.74 Å². The molecule has 0 saturated heterocycles. The number of aryl methyl sites for hydroxylation is 1. The van der Waals surface area contributed by atoms with Gasteiger partial charge in [-0.15, -0.1) is 0 Å². The second kappa shape index (κ2) is 13.1. The first kappa shape index (κ1) is 22.3. The largest absolute Gasteiger partial charge is 0.487 e. The summed E-state index contributed by atoms with van der Waals surface area (Å²) in [5, 5.41) is 1.15. The van der Waals surface area contributed by atoms with E-state index in [1.165, 1.54) is 75.5 Å². The van der Waals surface area contributed by atoms with Gasteiger partial charge in [-0.2, -0.15) is 0 Å². The molecule has 0 fully saturated rings. The number of ether oxygens (including phenoxy) is 1. The number of aromatic nitrogens is 1. The zero-order valence-corrected chi connectivity index (χ0v) is 18.6. The van der Waals surface area contributed by atoms with E-state index in [0.29, 0.717) is 6.61 Å². The average Bonchev–Trinajstić information content (AvgIpc) is 2.79. The smallest absolute Gasteiger partial charge is 0.146 e. The number of unbranched alkanes of at least 4 members (excludes halogenated alkanes) is 9. The van der Waals surface area contributed by atoms with Gasteiger partial charge in [0.2, 0.25) is 0 Å². The average molecular weight is 404 g/mol. The highest BCUT2D eigenvalue weighted by atomic mass is 16.5. The molecule has 0 aliphatic rings. The predicted molar refractivity (Wildman–Crippen MR) is 128 cm³/mol. The van der Waals surface area contributed by atoms with Gasteiger partial charge in [-0.1, -0.05) is 113 Å². The lowest BCUT2D eigenvalue weighted by molar-refractivity contribution is 0.309. The Labute approximate surface area is 182 Å². The third-order valence-electron chi connectivity index (χ3n) is 5.76. The van der Waals surface area contributed by atoms with Crippen LogP contribution in [0.3, 0.4) is 0 Å². The minimum Gasteiger partial charge on any atom is -0.487 e. The van der Waals surface area contributed by atoms with E-state index in [0.717, 1.165) is 23.1 Å². The maximum absolute atomic E-state index is 6.10. The molecule has 0 spiro atoms. The molecule has 0 radical (unpaired) electrons. The summed E-state index contributed by atoms with van der Waals surface area (Å²) in [6.07, 6.45) is 14.7. The fraction of sp³-hybridized carbons (Fsp3) is 0.464. The van der Waals surface area contributed by atoms with Gasteiger partial charge < -0.3 is 4.74 Å². The molecule has 0 saturated carbocycles. The molecule has 0 amide bonds. The molecule has 2 nitrogen and oxygen atoms in total. The third-order valence-corrected chi connectivity index (χ3v) is 5.76. The van der Waals surface area contributed by atoms with E-state index in [9.17, 15) is 0 Å². The van der Waals surface area contributed by atoms with E-state index in [1.807, 2.05) is 30.3 Å². The number of fused-ring (bicyclic) bond motifs is 1. The Morgan fingerprint density at radius 2 is 1.37 bits per heavy atom. The Bertz CT molecular complexity index is 859. The summed E-state index contributed by atoms with van der Waals surface area (Å²) in [6, 6.07) is 20.9. The van der Waals surface area contributed by atoms with Gasteiger partial charge in [0.25, 0.3) is 0 Å². The van der Waals surface area contributed by atoms with E-state index in [-0.39, 0.29) is 0 Å². The Hall–Kier alpha value is -2.35. The van der Waals surface area contributed by atoms with E-state index in [2.05, 4.69) is 37.3 Å². The van der Waals surface area contributed by atoms with E-state index >= 15 is 0 Å². The number of para-hydroxylation sites is 1. The Kier molecular flexibility index (Phi) is 9.72. The molecular weight excluding hydrogens is 366 g/mol. The molecule has 0 atom stereocenters. The first-order valence-corrected chi connectivity index (χ1v) is 11.9. The van der Waals surface area contributed by atoms with Gasteiger partial charge in [0.05, 0.1) is 0 Å². The van der Waals surface area contributed by atoms with Crippen molar-refractivity contribution in [3.05, 3.63) is 71.9 Å². The molecule has 1 aromatic heterocycles. The number of hydrogen-bond acceptors (Lipinski definition) is 2. The minimum absolute atomic E-state index is 0.574.